The molecule has 188 valence electrons. The molecule has 0 radical (unpaired) electrons. The zero-order chi connectivity index (χ0) is 25.8. The van der Waals surface area contributed by atoms with Crippen LogP contribution < -0.4 is 10.1 Å². The summed E-state index contributed by atoms with van der Waals surface area (Å²) in [6, 6.07) is 10.4. The lowest BCUT2D eigenvalue weighted by Crippen LogP contribution is -2.31. The first-order chi connectivity index (χ1) is 17.3. The predicted molar refractivity (Wildman–Crippen MR) is 139 cm³/mol. The molecule has 0 aliphatic carbocycles. The van der Waals surface area contributed by atoms with Crippen LogP contribution in [0.3, 0.4) is 0 Å². The van der Waals surface area contributed by atoms with Gasteiger partial charge in [0.25, 0.3) is 5.91 Å². The van der Waals surface area contributed by atoms with Crippen molar-refractivity contribution in [2.45, 2.75) is 19.8 Å². The number of nitrogens with one attached hydrogen (secondary N) is 1. The highest BCUT2D eigenvalue weighted by molar-refractivity contribution is 6.19. The van der Waals surface area contributed by atoms with Crippen LogP contribution in [0.4, 0.5) is 0 Å². The summed E-state index contributed by atoms with van der Waals surface area (Å²) in [5.41, 5.74) is 1.84. The number of fused-ring (bicyclic) bond motifs is 4. The molecule has 0 aliphatic rings. The molecule has 0 atom stereocenters. The molecule has 0 saturated heterocycles. The van der Waals surface area contributed by atoms with Crippen LogP contribution in [0.2, 0.25) is 0 Å². The minimum atomic E-state index is -0.521. The van der Waals surface area contributed by atoms with Crippen molar-refractivity contribution in [3.8, 4) is 11.5 Å². The molecule has 9 nitrogen and oxygen atoms in total. The quantitative estimate of drug-likeness (QED) is 0.157. The van der Waals surface area contributed by atoms with Gasteiger partial charge in [0.05, 0.1) is 30.3 Å². The first-order valence-corrected chi connectivity index (χ1v) is 11.9. The normalized spacial score (nSPS) is 11.4. The number of phenolic OH excluding ortho intramolecular Hbond substituents is 1. The van der Waals surface area contributed by atoms with Crippen molar-refractivity contribution in [3.63, 3.8) is 0 Å². The van der Waals surface area contributed by atoms with Crippen LogP contribution in [0.1, 0.15) is 40.5 Å². The van der Waals surface area contributed by atoms with Crippen molar-refractivity contribution in [1.82, 2.24) is 20.2 Å². The summed E-state index contributed by atoms with van der Waals surface area (Å²) in [7, 11) is 5.29. The average Bonchev–Trinajstić information content (AvgIpc) is 2.87. The third-order valence-corrected chi connectivity index (χ3v) is 5.92. The van der Waals surface area contributed by atoms with Crippen LogP contribution in [-0.2, 0) is 4.74 Å². The van der Waals surface area contributed by atoms with E-state index in [2.05, 4.69) is 5.32 Å². The number of rotatable bonds is 9. The Labute approximate surface area is 209 Å². The van der Waals surface area contributed by atoms with Crippen LogP contribution in [0, 0.1) is 0 Å². The smallest absolute Gasteiger partial charge is 0.341 e. The monoisotopic (exact) mass is 490 g/mol. The molecule has 0 bridgehead atoms. The number of benzene rings is 3. The van der Waals surface area contributed by atoms with Gasteiger partial charge in [0.15, 0.2) is 0 Å². The minimum Gasteiger partial charge on any atom is -0.506 e. The van der Waals surface area contributed by atoms with Crippen LogP contribution >= 0.6 is 0 Å². The summed E-state index contributed by atoms with van der Waals surface area (Å²) in [5.74, 6) is -0.817. The van der Waals surface area contributed by atoms with Gasteiger partial charge in [0, 0.05) is 29.9 Å². The van der Waals surface area contributed by atoms with Crippen LogP contribution in [0.25, 0.3) is 32.8 Å². The minimum absolute atomic E-state index is 0.0414. The summed E-state index contributed by atoms with van der Waals surface area (Å²) < 4.78 is 10.8. The molecule has 36 heavy (non-hydrogen) atoms. The van der Waals surface area contributed by atoms with Gasteiger partial charge in [-0.3, -0.25) is 4.79 Å². The number of carbonyl (C=O) groups excluding carboxylic acids is 2. The summed E-state index contributed by atoms with van der Waals surface area (Å²) in [6.07, 6.45) is 1.65. The molecule has 0 aliphatic heterocycles. The van der Waals surface area contributed by atoms with Gasteiger partial charge in [-0.15, -0.1) is 0 Å². The lowest BCUT2D eigenvalue weighted by molar-refractivity contribution is 0.0496. The van der Waals surface area contributed by atoms with E-state index >= 15 is 0 Å². The fraction of sp³-hybridized carbons (Fsp3) is 0.333. The van der Waals surface area contributed by atoms with Gasteiger partial charge in [0.2, 0.25) is 0 Å². The number of methoxy groups -OCH3 is 1. The SMILES string of the molecule is CCCCOC(=O)c1cc2nc3c(C(=O)NCCN(C)C)c(O)c4ccccc4c3nc2cc1OC. The molecule has 3 aromatic carbocycles. The Morgan fingerprint density at radius 3 is 2.44 bits per heavy atom. The average molecular weight is 491 g/mol. The summed E-state index contributed by atoms with van der Waals surface area (Å²) in [5, 5.41) is 15.1. The fourth-order valence-electron chi connectivity index (χ4n) is 4.00. The van der Waals surface area contributed by atoms with Crippen LogP contribution in [0.5, 0.6) is 11.5 Å². The van der Waals surface area contributed by atoms with E-state index in [-0.39, 0.29) is 22.4 Å². The second-order valence-electron chi connectivity index (χ2n) is 8.78. The Balaban J connectivity index is 1.92. The van der Waals surface area contributed by atoms with E-state index in [0.29, 0.717) is 52.8 Å². The number of amides is 1. The standard InChI is InChI=1S/C27H30N4O5/c1-5-6-13-36-27(34)18-14-19-20(15-21(18)35-4)29-23-16-9-7-8-10-17(16)25(32)22(24(23)30-19)26(33)28-11-12-31(2)3/h7-10,14-15,32H,5-6,11-13H2,1-4H3,(H,28,33). The van der Waals surface area contributed by atoms with E-state index < -0.39 is 11.9 Å². The third kappa shape index (κ3) is 4.87. The Hall–Kier alpha value is -3.98. The van der Waals surface area contributed by atoms with E-state index in [1.54, 1.807) is 24.3 Å². The predicted octanol–water partition coefficient (Wildman–Crippen LogP) is 3.90. The van der Waals surface area contributed by atoms with Gasteiger partial charge >= 0.3 is 5.97 Å². The molecular weight excluding hydrogens is 460 g/mol. The number of aromatic hydroxyl groups is 1. The molecule has 1 aromatic heterocycles. The van der Waals surface area contributed by atoms with E-state index in [1.165, 1.54) is 7.11 Å². The molecular formula is C27H30N4O5. The van der Waals surface area contributed by atoms with E-state index in [4.69, 9.17) is 19.4 Å². The fourth-order valence-corrected chi connectivity index (χ4v) is 4.00. The van der Waals surface area contributed by atoms with E-state index in [1.807, 2.05) is 38.1 Å². The zero-order valence-electron chi connectivity index (χ0n) is 20.9. The van der Waals surface area contributed by atoms with Gasteiger partial charge in [-0.2, -0.15) is 0 Å². The second kappa shape index (κ2) is 10.7. The number of ether oxygens (including phenoxy) is 2. The van der Waals surface area contributed by atoms with Gasteiger partial charge in [-0.1, -0.05) is 37.6 Å². The molecule has 0 saturated carbocycles. The Kier molecular flexibility index (Phi) is 7.49. The van der Waals surface area contributed by atoms with E-state index in [0.717, 1.165) is 12.8 Å². The third-order valence-electron chi connectivity index (χ3n) is 5.92. The van der Waals surface area contributed by atoms with Crippen molar-refractivity contribution in [2.24, 2.45) is 0 Å². The largest absolute Gasteiger partial charge is 0.506 e. The van der Waals surface area contributed by atoms with Gasteiger partial charge in [0.1, 0.15) is 28.1 Å². The highest BCUT2D eigenvalue weighted by Gasteiger charge is 2.23. The van der Waals surface area contributed by atoms with Crippen molar-refractivity contribution in [3.05, 3.63) is 47.5 Å². The number of aromatic nitrogens is 2. The number of carbonyl (C=O) groups is 2. The van der Waals surface area contributed by atoms with Gasteiger partial charge in [-0.05, 0) is 26.6 Å². The van der Waals surface area contributed by atoms with Crippen LogP contribution in [0.15, 0.2) is 36.4 Å². The maximum Gasteiger partial charge on any atom is 0.341 e. The maximum atomic E-state index is 13.2. The lowest BCUT2D eigenvalue weighted by Gasteiger charge is -2.15. The van der Waals surface area contributed by atoms with Crippen LogP contribution in [-0.4, -0.2) is 72.8 Å². The molecule has 4 aromatic rings. The molecule has 0 spiro atoms. The number of likely N-dealkylation sites (N-methyl/N-ethyl adjacent to an activating group) is 1. The molecule has 1 amide bonds. The van der Waals surface area contributed by atoms with Crippen molar-refractivity contribution in [1.29, 1.82) is 0 Å². The number of hydrogen-bond donors (Lipinski definition) is 2. The van der Waals surface area contributed by atoms with E-state index in [9.17, 15) is 14.7 Å². The topological polar surface area (TPSA) is 114 Å². The van der Waals surface area contributed by atoms with Crippen molar-refractivity contribution in [2.75, 3.05) is 40.9 Å². The summed E-state index contributed by atoms with van der Waals surface area (Å²) >= 11 is 0. The van der Waals surface area contributed by atoms with Crippen molar-refractivity contribution < 1.29 is 24.2 Å². The maximum absolute atomic E-state index is 13.2. The first kappa shape index (κ1) is 25.1. The number of hydrogen-bond acceptors (Lipinski definition) is 8. The Bertz CT molecular complexity index is 1450. The molecule has 0 fully saturated rings. The highest BCUT2D eigenvalue weighted by atomic mass is 16.5. The van der Waals surface area contributed by atoms with Crippen molar-refractivity contribution >= 4 is 44.7 Å². The Morgan fingerprint density at radius 2 is 1.75 bits per heavy atom. The summed E-state index contributed by atoms with van der Waals surface area (Å²) in [6.45, 7) is 3.34. The number of nitrogens with zero attached hydrogens (tertiary/aromatic N) is 3. The molecule has 9 heteroatoms. The number of esters is 1. The zero-order valence-corrected chi connectivity index (χ0v) is 20.9. The summed E-state index contributed by atoms with van der Waals surface area (Å²) in [4.78, 5) is 37.4. The molecule has 1 heterocycles. The molecule has 2 N–H and O–H groups in total. The number of unbranched alkanes of at least 4 members (excludes halogenated alkanes) is 1. The molecule has 0 unspecified atom stereocenters. The first-order valence-electron chi connectivity index (χ1n) is 11.9. The van der Waals surface area contributed by atoms with Gasteiger partial charge in [-0.25, -0.2) is 14.8 Å². The number of phenols is 1. The highest BCUT2D eigenvalue weighted by Crippen LogP contribution is 2.37. The lowest BCUT2D eigenvalue weighted by atomic mass is 10.0. The second-order valence-corrected chi connectivity index (χ2v) is 8.78. The Morgan fingerprint density at radius 1 is 1.06 bits per heavy atom. The molecule has 4 rings (SSSR count). The van der Waals surface area contributed by atoms with Gasteiger partial charge < -0.3 is 24.8 Å².